The van der Waals surface area contributed by atoms with Crippen LogP contribution >= 0.6 is 0 Å². The van der Waals surface area contributed by atoms with E-state index in [1.54, 1.807) is 80.9 Å². The number of aliphatic hydroxyl groups excluding tert-OH is 1. The van der Waals surface area contributed by atoms with Gasteiger partial charge in [0.05, 0.1) is 54.8 Å². The molecule has 0 unspecified atom stereocenters. The van der Waals surface area contributed by atoms with Gasteiger partial charge in [0.1, 0.15) is 30.3 Å². The van der Waals surface area contributed by atoms with Crippen LogP contribution in [0, 0.1) is 41.4 Å². The van der Waals surface area contributed by atoms with Crippen LogP contribution in [0.15, 0.2) is 66.7 Å². The van der Waals surface area contributed by atoms with Crippen molar-refractivity contribution in [3.63, 3.8) is 0 Å². The van der Waals surface area contributed by atoms with Gasteiger partial charge < -0.3 is 65.8 Å². The smallest absolute Gasteiger partial charge is 0.410 e. The standard InChI is InChI=1S/C78H124N10O15/c1-19-50(8)68(61(100-17)44-64(91)87-42-26-30-60(87)70(101-18)52(10)71(93)81-53(11)69(92)57-28-23-20-24-29-57)85(15)75(97)66(48(4)5)84-74(96)67(49(6)7)86(16)77(99)102-46-56-35-37-58(38-36-56)82-72(94)59(43-54-31-33-55(34-32-54)45-79-76(98)103-78(12,13)14)83-73(95)65(47(2)3)80-51(9)27-22-21-25-41-88-62(89)39-40-63(88)90/h20,23-24,28-29,35-40,47-55,59-61,65-70,80,92H,19,21-22,25-27,30-34,41-46H2,1-18H3,(H,79,98)(H,81,93)(H,82,94)(H,83,95)(H,84,96)/t50-,51-,52+,53+,54?,55?,59-,60-,61+,65-,66-,67-,68-,69+,70+/m0/s1. The Morgan fingerprint density at radius 2 is 1.31 bits per heavy atom. The molecule has 576 valence electrons. The van der Waals surface area contributed by atoms with Crippen LogP contribution in [0.5, 0.6) is 0 Å². The van der Waals surface area contributed by atoms with E-state index in [-0.39, 0.29) is 72.3 Å². The van der Waals surface area contributed by atoms with Crippen LogP contribution in [-0.2, 0) is 63.9 Å². The molecular formula is C78H124N10O15. The summed E-state index contributed by atoms with van der Waals surface area (Å²) in [5, 5.41) is 29.4. The van der Waals surface area contributed by atoms with Gasteiger partial charge in [0.15, 0.2) is 0 Å². The van der Waals surface area contributed by atoms with E-state index in [0.29, 0.717) is 68.6 Å². The van der Waals surface area contributed by atoms with Crippen molar-refractivity contribution in [3.05, 3.63) is 77.9 Å². The van der Waals surface area contributed by atoms with Crippen molar-refractivity contribution in [2.24, 2.45) is 41.4 Å². The van der Waals surface area contributed by atoms with E-state index in [9.17, 15) is 53.1 Å². The van der Waals surface area contributed by atoms with Crippen molar-refractivity contribution in [2.45, 2.75) is 259 Å². The lowest BCUT2D eigenvalue weighted by Gasteiger charge is -2.41. The number of hydrogen-bond donors (Lipinski definition) is 7. The number of carbonyl (C=O) groups is 10. The lowest BCUT2D eigenvalue weighted by atomic mass is 9.79. The fourth-order valence-electron chi connectivity index (χ4n) is 14.4. The molecule has 25 heteroatoms. The van der Waals surface area contributed by atoms with E-state index < -0.39 is 114 Å². The summed E-state index contributed by atoms with van der Waals surface area (Å²) in [7, 11) is 6.16. The van der Waals surface area contributed by atoms with Gasteiger partial charge in [-0.15, -0.1) is 0 Å². The Labute approximate surface area is 612 Å². The number of imide groups is 1. The molecule has 1 saturated carbocycles. The average molecular weight is 1440 g/mol. The molecule has 0 radical (unpaired) electrons. The molecule has 3 aliphatic rings. The van der Waals surface area contributed by atoms with E-state index >= 15 is 0 Å². The Hall–Kier alpha value is -7.48. The summed E-state index contributed by atoms with van der Waals surface area (Å²) in [5.41, 5.74) is 1.09. The summed E-state index contributed by atoms with van der Waals surface area (Å²) in [6, 6.07) is 10.5. The molecule has 0 aromatic heterocycles. The summed E-state index contributed by atoms with van der Waals surface area (Å²) in [6.45, 7) is 27.1. The molecule has 10 amide bonds. The summed E-state index contributed by atoms with van der Waals surface area (Å²) >= 11 is 0. The fraction of sp³-hybridized carbons (Fsp3) is 0.692. The molecule has 5 rings (SSSR count). The van der Waals surface area contributed by atoms with E-state index in [1.165, 1.54) is 43.2 Å². The molecular weight excluding hydrogens is 1320 g/mol. The fourth-order valence-corrected chi connectivity index (χ4v) is 14.4. The highest BCUT2D eigenvalue weighted by molar-refractivity contribution is 6.12. The van der Waals surface area contributed by atoms with Gasteiger partial charge in [0.2, 0.25) is 35.4 Å². The topological polar surface area (TPSA) is 313 Å². The lowest BCUT2D eigenvalue weighted by Crippen LogP contribution is -2.60. The van der Waals surface area contributed by atoms with Crippen LogP contribution in [0.2, 0.25) is 0 Å². The molecule has 1 saturated heterocycles. The number of anilines is 1. The largest absolute Gasteiger partial charge is 0.445 e. The van der Waals surface area contributed by atoms with E-state index in [0.717, 1.165) is 44.9 Å². The van der Waals surface area contributed by atoms with E-state index in [2.05, 4.69) is 31.9 Å². The highest BCUT2D eigenvalue weighted by Gasteiger charge is 2.44. The third-order valence-electron chi connectivity index (χ3n) is 20.6. The van der Waals surface area contributed by atoms with E-state index in [1.807, 2.05) is 87.4 Å². The maximum absolute atomic E-state index is 14.9. The number of methoxy groups -OCH3 is 2. The Morgan fingerprint density at radius 1 is 0.689 bits per heavy atom. The number of hydrogen-bond acceptors (Lipinski definition) is 16. The monoisotopic (exact) mass is 1440 g/mol. The Morgan fingerprint density at radius 3 is 1.88 bits per heavy atom. The molecule has 2 aromatic carbocycles. The summed E-state index contributed by atoms with van der Waals surface area (Å²) < 4.78 is 23.4. The first-order valence-corrected chi connectivity index (χ1v) is 37.4. The number of unbranched alkanes of at least 4 members (excludes halogenated alkanes) is 2. The minimum Gasteiger partial charge on any atom is -0.445 e. The normalized spacial score (nSPS) is 19.8. The molecule has 0 bridgehead atoms. The van der Waals surface area contributed by atoms with E-state index in [4.69, 9.17) is 18.9 Å². The van der Waals surface area contributed by atoms with Gasteiger partial charge in [-0.25, -0.2) is 9.59 Å². The first kappa shape index (κ1) is 86.2. The number of ether oxygens (including phenoxy) is 4. The number of likely N-dealkylation sites (N-methyl/N-ethyl adjacent to an activating group) is 2. The number of aliphatic hydroxyl groups is 1. The first-order chi connectivity index (χ1) is 48.6. The van der Waals surface area contributed by atoms with Gasteiger partial charge in [-0.3, -0.25) is 48.2 Å². The van der Waals surface area contributed by atoms with Crippen molar-refractivity contribution in [3.8, 4) is 0 Å². The maximum atomic E-state index is 14.9. The lowest BCUT2D eigenvalue weighted by molar-refractivity contribution is -0.148. The molecule has 2 aromatic rings. The number of likely N-dealkylation sites (tertiary alicyclic amines) is 1. The summed E-state index contributed by atoms with van der Waals surface area (Å²) in [4.78, 5) is 143. The summed E-state index contributed by atoms with van der Waals surface area (Å²) in [5.74, 6) is -4.30. The third-order valence-corrected chi connectivity index (χ3v) is 20.6. The van der Waals surface area contributed by atoms with Crippen LogP contribution in [0.1, 0.15) is 198 Å². The second kappa shape index (κ2) is 41.3. The average Bonchev–Trinajstić information content (AvgIpc) is 1.79. The number of nitrogens with zero attached hydrogens (tertiary/aromatic N) is 4. The van der Waals surface area contributed by atoms with Gasteiger partial charge in [-0.1, -0.05) is 137 Å². The molecule has 13 atom stereocenters. The van der Waals surface area contributed by atoms with Crippen LogP contribution in [0.25, 0.3) is 0 Å². The van der Waals surface area contributed by atoms with Gasteiger partial charge >= 0.3 is 12.2 Å². The number of amides is 10. The van der Waals surface area contributed by atoms with Gasteiger partial charge in [-0.2, -0.15) is 0 Å². The zero-order chi connectivity index (χ0) is 76.6. The number of nitrogens with one attached hydrogen (secondary N) is 6. The second-order valence-corrected chi connectivity index (χ2v) is 30.9. The Kier molecular flexibility index (Phi) is 34.5. The highest BCUT2D eigenvalue weighted by atomic mass is 16.6. The predicted molar refractivity (Wildman–Crippen MR) is 395 cm³/mol. The molecule has 103 heavy (non-hydrogen) atoms. The van der Waals surface area contributed by atoms with Crippen molar-refractivity contribution in [1.82, 2.24) is 46.2 Å². The molecule has 1 aliphatic carbocycles. The number of benzene rings is 2. The SMILES string of the molecule is CC[C@H](C)[C@@H]([C@@H](CC(=O)N1CCC[C@H]1[C@H](OC)[C@@H](C)C(=O)N[C@H](C)[C@@H](O)c1ccccc1)OC)N(C)C(=O)[C@@H](NC(=O)[C@H](C(C)C)N(C)C(=O)OCc1ccc(NC(=O)[C@H](CC2CCC(CNC(=O)OC(C)(C)C)CC2)NC(=O)[C@@H](N[C@@H](C)CCCCCN2C(=O)C=CC2=O)C(C)C)cc1)C(C)C. The van der Waals surface area contributed by atoms with Crippen molar-refractivity contribution in [2.75, 3.05) is 53.3 Å². The molecule has 2 aliphatic heterocycles. The van der Waals surface area contributed by atoms with Crippen LogP contribution in [-0.4, -0.2) is 198 Å². The van der Waals surface area contributed by atoms with Crippen molar-refractivity contribution in [1.29, 1.82) is 0 Å². The minimum atomic E-state index is -1.07. The van der Waals surface area contributed by atoms with Crippen molar-refractivity contribution >= 4 is 65.1 Å². The van der Waals surface area contributed by atoms with Crippen molar-refractivity contribution < 1.29 is 72.0 Å². The Balaban J connectivity index is 1.21. The van der Waals surface area contributed by atoms with Gasteiger partial charge in [-0.05, 0) is 138 Å². The number of rotatable bonds is 39. The molecule has 0 spiro atoms. The van der Waals surface area contributed by atoms with Crippen LogP contribution in [0.4, 0.5) is 15.3 Å². The van der Waals surface area contributed by atoms with Gasteiger partial charge in [0.25, 0.3) is 11.8 Å². The molecule has 25 nitrogen and oxygen atoms in total. The zero-order valence-corrected chi connectivity index (χ0v) is 64.7. The summed E-state index contributed by atoms with van der Waals surface area (Å²) in [6.07, 6.45) is 7.39. The predicted octanol–water partition coefficient (Wildman–Crippen LogP) is 9.21. The minimum absolute atomic E-state index is 0.0580. The Bertz CT molecular complexity index is 3100. The molecule has 2 heterocycles. The molecule has 7 N–H and O–H groups in total. The van der Waals surface area contributed by atoms with Crippen LogP contribution in [0.3, 0.4) is 0 Å². The quantitative estimate of drug-likeness (QED) is 0.0242. The highest BCUT2D eigenvalue weighted by Crippen LogP contribution is 2.34. The van der Waals surface area contributed by atoms with Gasteiger partial charge in [0, 0.05) is 71.8 Å². The first-order valence-electron chi connectivity index (χ1n) is 37.4. The third kappa shape index (κ3) is 26.0. The number of carbonyl (C=O) groups excluding carboxylic acids is 10. The molecule has 2 fully saturated rings. The number of alkyl carbamates (subject to hydrolysis) is 1. The van der Waals surface area contributed by atoms with Crippen LogP contribution < -0.4 is 31.9 Å². The second-order valence-electron chi connectivity index (χ2n) is 30.9. The maximum Gasteiger partial charge on any atom is 0.410 e. The zero-order valence-electron chi connectivity index (χ0n) is 64.7.